The Hall–Kier alpha value is -2.14. The maximum Gasteiger partial charge on any atom is 0.335 e. The summed E-state index contributed by atoms with van der Waals surface area (Å²) in [4.78, 5) is 25.2. The molecule has 28 heavy (non-hydrogen) atoms. The van der Waals surface area contributed by atoms with Crippen LogP contribution in [0.2, 0.25) is 0 Å². The monoisotopic (exact) mass is 385 g/mol. The van der Waals surface area contributed by atoms with Crippen molar-refractivity contribution in [1.82, 2.24) is 4.90 Å². The number of carbonyl (C=O) groups excluding carboxylic acids is 1. The van der Waals surface area contributed by atoms with Gasteiger partial charge >= 0.3 is 5.97 Å². The first-order chi connectivity index (χ1) is 13.4. The van der Waals surface area contributed by atoms with Crippen LogP contribution in [-0.2, 0) is 11.2 Å². The molecule has 5 nitrogen and oxygen atoms in total. The third-order valence-electron chi connectivity index (χ3n) is 6.46. The van der Waals surface area contributed by atoms with Crippen LogP contribution in [0.25, 0.3) is 0 Å². The number of hydrogen-bond acceptors (Lipinski definition) is 3. The highest BCUT2D eigenvalue weighted by atomic mass is 16.4. The second kappa shape index (κ2) is 8.91. The fraction of sp³-hybridized carbons (Fsp3) is 0.565. The summed E-state index contributed by atoms with van der Waals surface area (Å²) in [5, 5.41) is 19.7. The van der Waals surface area contributed by atoms with Gasteiger partial charge in [-0.05, 0) is 55.2 Å². The number of hydrogen-bond donors (Lipinski definition) is 2. The molecule has 1 saturated carbocycles. The average Bonchev–Trinajstić information content (AvgIpc) is 3.01. The Morgan fingerprint density at radius 1 is 1.32 bits per heavy atom. The van der Waals surface area contributed by atoms with Gasteiger partial charge in [0.1, 0.15) is 0 Å². The van der Waals surface area contributed by atoms with E-state index in [2.05, 4.69) is 6.92 Å². The van der Waals surface area contributed by atoms with Crippen LogP contribution >= 0.6 is 0 Å². The van der Waals surface area contributed by atoms with Crippen molar-refractivity contribution >= 4 is 11.9 Å². The molecule has 0 radical (unpaired) electrons. The summed E-state index contributed by atoms with van der Waals surface area (Å²) < 4.78 is 0. The Labute approximate surface area is 167 Å². The molecule has 2 N–H and O–H groups in total. The Kier molecular flexibility index (Phi) is 6.55. The molecule has 0 spiro atoms. The largest absolute Gasteiger partial charge is 0.478 e. The summed E-state index contributed by atoms with van der Waals surface area (Å²) in [6, 6.07) is 6.86. The van der Waals surface area contributed by atoms with Crippen LogP contribution in [0, 0.1) is 5.41 Å². The minimum absolute atomic E-state index is 0.0409. The molecule has 1 aliphatic heterocycles. The summed E-state index contributed by atoms with van der Waals surface area (Å²) in [7, 11) is 0. The van der Waals surface area contributed by atoms with Crippen LogP contribution in [0.4, 0.5) is 0 Å². The molecule has 2 fully saturated rings. The second-order valence-corrected chi connectivity index (χ2v) is 8.24. The van der Waals surface area contributed by atoms with Gasteiger partial charge in [0.15, 0.2) is 0 Å². The van der Waals surface area contributed by atoms with E-state index in [0.29, 0.717) is 19.4 Å². The quantitative estimate of drug-likeness (QED) is 0.634. The molecule has 0 unspecified atom stereocenters. The van der Waals surface area contributed by atoms with E-state index in [1.54, 1.807) is 12.1 Å². The molecule has 1 amide bonds. The summed E-state index contributed by atoms with van der Waals surface area (Å²) in [6.45, 7) is 2.77. The van der Waals surface area contributed by atoms with Gasteiger partial charge in [-0.3, -0.25) is 4.79 Å². The number of likely N-dealkylation sites (tertiary alicyclic amines) is 1. The Balaban J connectivity index is 1.59. The number of amides is 1. The third kappa shape index (κ3) is 4.46. The molecule has 0 aromatic heterocycles. The lowest BCUT2D eigenvalue weighted by Gasteiger charge is -2.45. The van der Waals surface area contributed by atoms with Crippen molar-refractivity contribution in [1.29, 1.82) is 0 Å². The van der Waals surface area contributed by atoms with Gasteiger partial charge in [-0.15, -0.1) is 0 Å². The number of carboxylic acid groups (broad SMARTS) is 1. The van der Waals surface area contributed by atoms with Gasteiger partial charge < -0.3 is 15.1 Å². The van der Waals surface area contributed by atoms with Crippen molar-refractivity contribution in [2.75, 3.05) is 6.54 Å². The van der Waals surface area contributed by atoms with Gasteiger partial charge in [0.25, 0.3) is 0 Å². The zero-order valence-electron chi connectivity index (χ0n) is 16.6. The minimum atomic E-state index is -0.933. The second-order valence-electron chi connectivity index (χ2n) is 8.24. The van der Waals surface area contributed by atoms with Gasteiger partial charge in [0.05, 0.1) is 17.7 Å². The van der Waals surface area contributed by atoms with Crippen molar-refractivity contribution in [3.63, 3.8) is 0 Å². The highest BCUT2D eigenvalue weighted by Gasteiger charge is 2.41. The van der Waals surface area contributed by atoms with Crippen LogP contribution in [0.3, 0.4) is 0 Å². The molecular formula is C23H31NO4. The number of carboxylic acids is 1. The molecule has 0 bridgehead atoms. The van der Waals surface area contributed by atoms with E-state index in [-0.39, 0.29) is 22.9 Å². The van der Waals surface area contributed by atoms with E-state index in [0.717, 1.165) is 37.7 Å². The Morgan fingerprint density at radius 3 is 2.61 bits per heavy atom. The predicted octanol–water partition coefficient (Wildman–Crippen LogP) is 3.81. The highest BCUT2D eigenvalue weighted by molar-refractivity contribution is 5.87. The van der Waals surface area contributed by atoms with E-state index in [1.165, 1.54) is 6.42 Å². The SMILES string of the molecule is CCCC1([C@@H](O)C=C[C@H]2CCC(=O)N2CCc2ccc(C(=O)O)cc2)CCC1. The van der Waals surface area contributed by atoms with E-state index >= 15 is 0 Å². The van der Waals surface area contributed by atoms with Crippen molar-refractivity contribution in [2.24, 2.45) is 5.41 Å². The topological polar surface area (TPSA) is 77.8 Å². The summed E-state index contributed by atoms with van der Waals surface area (Å²) in [5.41, 5.74) is 1.33. The van der Waals surface area contributed by atoms with Crippen molar-refractivity contribution in [3.8, 4) is 0 Å². The van der Waals surface area contributed by atoms with Crippen LogP contribution in [0.15, 0.2) is 36.4 Å². The van der Waals surface area contributed by atoms with Crippen molar-refractivity contribution < 1.29 is 19.8 Å². The maximum absolute atomic E-state index is 12.3. The number of aliphatic hydroxyl groups is 1. The average molecular weight is 386 g/mol. The smallest absolute Gasteiger partial charge is 0.335 e. The molecule has 1 aliphatic carbocycles. The molecule has 2 atom stereocenters. The van der Waals surface area contributed by atoms with E-state index in [4.69, 9.17) is 5.11 Å². The van der Waals surface area contributed by atoms with Crippen LogP contribution in [-0.4, -0.2) is 45.7 Å². The zero-order chi connectivity index (χ0) is 20.1. The fourth-order valence-corrected chi connectivity index (χ4v) is 4.57. The van der Waals surface area contributed by atoms with E-state index < -0.39 is 12.1 Å². The lowest BCUT2D eigenvalue weighted by molar-refractivity contribution is -0.128. The minimum Gasteiger partial charge on any atom is -0.478 e. The van der Waals surface area contributed by atoms with Crippen LogP contribution in [0.5, 0.6) is 0 Å². The Morgan fingerprint density at radius 2 is 2.04 bits per heavy atom. The molecule has 152 valence electrons. The maximum atomic E-state index is 12.3. The first kappa shape index (κ1) is 20.6. The number of aliphatic hydroxyl groups excluding tert-OH is 1. The summed E-state index contributed by atoms with van der Waals surface area (Å²) in [6.07, 6.45) is 11.1. The molecule has 2 aliphatic rings. The number of benzene rings is 1. The number of aromatic carboxylic acids is 1. The molecule has 1 aromatic rings. The Bertz CT molecular complexity index is 721. The molecule has 1 heterocycles. The van der Waals surface area contributed by atoms with Gasteiger partial charge in [-0.1, -0.05) is 44.1 Å². The molecule has 1 aromatic carbocycles. The van der Waals surface area contributed by atoms with Gasteiger partial charge in [0, 0.05) is 13.0 Å². The van der Waals surface area contributed by atoms with Crippen LogP contribution in [0.1, 0.15) is 67.8 Å². The summed E-state index contributed by atoms with van der Waals surface area (Å²) in [5.74, 6) is -0.782. The number of rotatable bonds is 9. The predicted molar refractivity (Wildman–Crippen MR) is 108 cm³/mol. The standard InChI is InChI=1S/C23H31NO4/c1-2-13-23(14-3-15-23)20(25)10-8-19-9-11-21(26)24(19)16-12-17-4-6-18(7-5-17)22(27)28/h4-8,10,19-20,25H,2-3,9,11-16H2,1H3,(H,27,28)/t19-,20-/m0/s1. The lowest BCUT2D eigenvalue weighted by Crippen LogP contribution is -2.40. The molecule has 5 heteroatoms. The van der Waals surface area contributed by atoms with Gasteiger partial charge in [0.2, 0.25) is 5.91 Å². The first-order valence-electron chi connectivity index (χ1n) is 10.4. The molecule has 3 rings (SSSR count). The van der Waals surface area contributed by atoms with Gasteiger partial charge in [-0.25, -0.2) is 4.79 Å². The summed E-state index contributed by atoms with van der Waals surface area (Å²) >= 11 is 0. The lowest BCUT2D eigenvalue weighted by atomic mass is 9.62. The highest BCUT2D eigenvalue weighted by Crippen LogP contribution is 2.48. The van der Waals surface area contributed by atoms with E-state index in [1.807, 2.05) is 29.2 Å². The first-order valence-corrected chi connectivity index (χ1v) is 10.4. The molecular weight excluding hydrogens is 354 g/mol. The third-order valence-corrected chi connectivity index (χ3v) is 6.46. The normalized spacial score (nSPS) is 22.4. The molecule has 1 saturated heterocycles. The zero-order valence-corrected chi connectivity index (χ0v) is 16.6. The van der Waals surface area contributed by atoms with Gasteiger partial charge in [-0.2, -0.15) is 0 Å². The van der Waals surface area contributed by atoms with Crippen molar-refractivity contribution in [3.05, 3.63) is 47.5 Å². The number of nitrogens with zero attached hydrogens (tertiary/aromatic N) is 1. The fourth-order valence-electron chi connectivity index (χ4n) is 4.57. The number of carbonyl (C=O) groups is 2. The van der Waals surface area contributed by atoms with Crippen molar-refractivity contribution in [2.45, 2.75) is 70.4 Å². The van der Waals surface area contributed by atoms with Crippen LogP contribution < -0.4 is 0 Å². The van der Waals surface area contributed by atoms with E-state index in [9.17, 15) is 14.7 Å².